The lowest BCUT2D eigenvalue weighted by Crippen LogP contribution is -2.20. The van der Waals surface area contributed by atoms with Gasteiger partial charge in [0, 0.05) is 10.0 Å². The van der Waals surface area contributed by atoms with Gasteiger partial charge in [-0.25, -0.2) is 13.2 Å². The van der Waals surface area contributed by atoms with Crippen LogP contribution in [0.15, 0.2) is 88.4 Å². The summed E-state index contributed by atoms with van der Waals surface area (Å²) < 4.78 is 31.1. The highest BCUT2D eigenvalue weighted by atomic mass is 79.9. The first-order valence-electron chi connectivity index (χ1n) is 8.54. The van der Waals surface area contributed by atoms with E-state index in [2.05, 4.69) is 25.9 Å². The molecule has 3 rings (SSSR count). The standard InChI is InChI=1S/C21H19BrN2O3S/c22-20-11-12-21(27-15-17-7-3-1-4-8-17)19(13-20)14-23-24-28(25,26)16-18-9-5-2-6-10-18/h1-14,24H,15-16H2/b23-14-. The third kappa shape index (κ3) is 6.21. The van der Waals surface area contributed by atoms with Gasteiger partial charge in [-0.15, -0.1) is 0 Å². The molecule has 7 heteroatoms. The van der Waals surface area contributed by atoms with Crippen LogP contribution in [0.4, 0.5) is 0 Å². The van der Waals surface area contributed by atoms with E-state index in [-0.39, 0.29) is 5.75 Å². The zero-order valence-corrected chi connectivity index (χ0v) is 17.4. The average Bonchev–Trinajstić information content (AvgIpc) is 2.68. The topological polar surface area (TPSA) is 67.8 Å². The van der Waals surface area contributed by atoms with Crippen LogP contribution in [0, 0.1) is 0 Å². The number of hydrogen-bond acceptors (Lipinski definition) is 4. The molecule has 3 aromatic rings. The van der Waals surface area contributed by atoms with E-state index >= 15 is 0 Å². The summed E-state index contributed by atoms with van der Waals surface area (Å²) in [6, 6.07) is 24.2. The lowest BCUT2D eigenvalue weighted by Gasteiger charge is -2.10. The minimum absolute atomic E-state index is 0.138. The smallest absolute Gasteiger partial charge is 0.251 e. The van der Waals surface area contributed by atoms with Gasteiger partial charge in [0.15, 0.2) is 0 Å². The summed E-state index contributed by atoms with van der Waals surface area (Å²) in [5.41, 5.74) is 2.39. The largest absolute Gasteiger partial charge is 0.488 e. The lowest BCUT2D eigenvalue weighted by molar-refractivity contribution is 0.305. The van der Waals surface area contributed by atoms with E-state index in [0.29, 0.717) is 23.5 Å². The second-order valence-electron chi connectivity index (χ2n) is 6.05. The summed E-state index contributed by atoms with van der Waals surface area (Å²) in [6.45, 7) is 0.406. The molecule has 144 valence electrons. The predicted octanol–water partition coefficient (Wildman–Crippen LogP) is 4.48. The van der Waals surface area contributed by atoms with Gasteiger partial charge in [0.25, 0.3) is 10.0 Å². The van der Waals surface area contributed by atoms with E-state index in [9.17, 15) is 8.42 Å². The van der Waals surface area contributed by atoms with Crippen LogP contribution in [0.3, 0.4) is 0 Å². The van der Waals surface area contributed by atoms with Gasteiger partial charge in [-0.05, 0) is 29.3 Å². The van der Waals surface area contributed by atoms with Crippen molar-refractivity contribution in [3.05, 3.63) is 100 Å². The number of nitrogens with zero attached hydrogens (tertiary/aromatic N) is 1. The zero-order valence-electron chi connectivity index (χ0n) is 15.0. The Hall–Kier alpha value is -2.64. The van der Waals surface area contributed by atoms with Crippen LogP contribution in [-0.4, -0.2) is 14.6 Å². The summed E-state index contributed by atoms with van der Waals surface area (Å²) in [5, 5.41) is 3.90. The van der Waals surface area contributed by atoms with E-state index in [0.717, 1.165) is 10.0 Å². The maximum atomic E-state index is 12.2. The number of sulfonamides is 1. The van der Waals surface area contributed by atoms with Crippen molar-refractivity contribution in [2.75, 3.05) is 0 Å². The monoisotopic (exact) mass is 458 g/mol. The number of hydrazone groups is 1. The fraction of sp³-hybridized carbons (Fsp3) is 0.0952. The Morgan fingerprint density at radius 3 is 2.25 bits per heavy atom. The van der Waals surface area contributed by atoms with Crippen LogP contribution in [0.25, 0.3) is 0 Å². The molecule has 0 aliphatic rings. The highest BCUT2D eigenvalue weighted by Gasteiger charge is 2.10. The van der Waals surface area contributed by atoms with E-state index in [1.54, 1.807) is 24.3 Å². The molecule has 0 saturated heterocycles. The van der Waals surface area contributed by atoms with Gasteiger partial charge in [0.05, 0.1) is 12.0 Å². The first-order valence-corrected chi connectivity index (χ1v) is 11.0. The number of hydrogen-bond donors (Lipinski definition) is 1. The van der Waals surface area contributed by atoms with Gasteiger partial charge < -0.3 is 4.74 Å². The molecule has 0 aliphatic carbocycles. The number of rotatable bonds is 8. The quantitative estimate of drug-likeness (QED) is 0.399. The Balaban J connectivity index is 1.68. The molecule has 0 aliphatic heterocycles. The van der Waals surface area contributed by atoms with Gasteiger partial charge in [-0.3, -0.25) is 0 Å². The first kappa shape index (κ1) is 20.1. The maximum Gasteiger partial charge on any atom is 0.251 e. The van der Waals surface area contributed by atoms with Gasteiger partial charge in [-0.1, -0.05) is 76.6 Å². The van der Waals surface area contributed by atoms with Crippen LogP contribution in [-0.2, 0) is 22.4 Å². The van der Waals surface area contributed by atoms with Crippen LogP contribution >= 0.6 is 15.9 Å². The molecule has 0 aromatic heterocycles. The van der Waals surface area contributed by atoms with Gasteiger partial charge in [0.2, 0.25) is 0 Å². The lowest BCUT2D eigenvalue weighted by atomic mass is 10.2. The van der Waals surface area contributed by atoms with Gasteiger partial charge >= 0.3 is 0 Å². The number of nitrogens with one attached hydrogen (secondary N) is 1. The molecular weight excluding hydrogens is 440 g/mol. The van der Waals surface area contributed by atoms with Crippen molar-refractivity contribution >= 4 is 32.2 Å². The molecule has 28 heavy (non-hydrogen) atoms. The minimum Gasteiger partial charge on any atom is -0.488 e. The molecule has 0 amide bonds. The molecule has 0 heterocycles. The first-order chi connectivity index (χ1) is 13.5. The number of benzene rings is 3. The Morgan fingerprint density at radius 1 is 0.929 bits per heavy atom. The Morgan fingerprint density at radius 2 is 1.57 bits per heavy atom. The maximum absolute atomic E-state index is 12.2. The fourth-order valence-electron chi connectivity index (χ4n) is 2.49. The number of ether oxygens (including phenoxy) is 1. The van der Waals surface area contributed by atoms with Crippen molar-refractivity contribution in [2.24, 2.45) is 5.10 Å². The molecule has 0 unspecified atom stereocenters. The Labute approximate surface area is 173 Å². The highest BCUT2D eigenvalue weighted by Crippen LogP contribution is 2.23. The summed E-state index contributed by atoms with van der Waals surface area (Å²) in [6.07, 6.45) is 1.44. The van der Waals surface area contributed by atoms with Crippen molar-refractivity contribution < 1.29 is 13.2 Å². The van der Waals surface area contributed by atoms with Crippen LogP contribution in [0.5, 0.6) is 5.75 Å². The highest BCUT2D eigenvalue weighted by molar-refractivity contribution is 9.10. The SMILES string of the molecule is O=S(=O)(Cc1ccccc1)N/N=C\c1cc(Br)ccc1OCc1ccccc1. The van der Waals surface area contributed by atoms with Crippen molar-refractivity contribution in [3.8, 4) is 5.75 Å². The van der Waals surface area contributed by atoms with E-state index < -0.39 is 10.0 Å². The number of halogens is 1. The van der Waals surface area contributed by atoms with Crippen molar-refractivity contribution in [3.63, 3.8) is 0 Å². The average molecular weight is 459 g/mol. The zero-order chi connectivity index (χ0) is 19.8. The second-order valence-corrected chi connectivity index (χ2v) is 8.67. The third-order valence-electron chi connectivity index (χ3n) is 3.80. The van der Waals surface area contributed by atoms with Crippen LogP contribution in [0.2, 0.25) is 0 Å². The van der Waals surface area contributed by atoms with Crippen molar-refractivity contribution in [1.82, 2.24) is 4.83 Å². The minimum atomic E-state index is -3.58. The van der Waals surface area contributed by atoms with Crippen molar-refractivity contribution in [1.29, 1.82) is 0 Å². The third-order valence-corrected chi connectivity index (χ3v) is 5.39. The molecule has 0 saturated carbocycles. The molecule has 0 radical (unpaired) electrons. The molecular formula is C21H19BrN2O3S. The Kier molecular flexibility index (Phi) is 6.84. The van der Waals surface area contributed by atoms with Gasteiger partial charge in [0.1, 0.15) is 12.4 Å². The molecule has 0 fully saturated rings. The van der Waals surface area contributed by atoms with E-state index in [4.69, 9.17) is 4.74 Å². The predicted molar refractivity (Wildman–Crippen MR) is 115 cm³/mol. The molecule has 5 nitrogen and oxygen atoms in total. The summed E-state index contributed by atoms with van der Waals surface area (Å²) >= 11 is 3.41. The van der Waals surface area contributed by atoms with Crippen LogP contribution < -0.4 is 9.57 Å². The van der Waals surface area contributed by atoms with Gasteiger partial charge in [-0.2, -0.15) is 5.10 Å². The summed E-state index contributed by atoms with van der Waals surface area (Å²) in [4.78, 5) is 2.25. The normalized spacial score (nSPS) is 11.5. The molecule has 0 bridgehead atoms. The summed E-state index contributed by atoms with van der Waals surface area (Å²) in [7, 11) is -3.58. The molecule has 0 atom stereocenters. The molecule has 3 aromatic carbocycles. The Bertz CT molecular complexity index is 1040. The van der Waals surface area contributed by atoms with Crippen LogP contribution in [0.1, 0.15) is 16.7 Å². The second kappa shape index (κ2) is 9.52. The van der Waals surface area contributed by atoms with E-state index in [1.165, 1.54) is 6.21 Å². The molecule has 1 N–H and O–H groups in total. The fourth-order valence-corrected chi connectivity index (χ4v) is 3.78. The summed E-state index contributed by atoms with van der Waals surface area (Å²) in [5.74, 6) is 0.471. The molecule has 0 spiro atoms. The van der Waals surface area contributed by atoms with E-state index in [1.807, 2.05) is 54.6 Å². The van der Waals surface area contributed by atoms with Crippen molar-refractivity contribution in [2.45, 2.75) is 12.4 Å².